The number of esters is 2. The molecule has 202 valence electrons. The first kappa shape index (κ1) is 27.5. The lowest BCUT2D eigenvalue weighted by Gasteiger charge is -2.70. The summed E-state index contributed by atoms with van der Waals surface area (Å²) in [5, 5.41) is 0. The Morgan fingerprint density at radius 2 is 1.53 bits per heavy atom. The fraction of sp³-hybridized carbons (Fsp3) is 0.812. The standard InChI is InChI=1S/C32H50O4/c1-20(2)22-12-17-32(28(34)36-9)19-18-30(6)24(27(22)32)10-11-25-29(5,15-14-26(33)35-8)23(21(3)4)13-16-31(25,30)7/h22-25,27H,1,3,10-19H2,2,4-9H3. The zero-order valence-electron chi connectivity index (χ0n) is 24.0. The van der Waals surface area contributed by atoms with Crippen molar-refractivity contribution in [2.45, 2.75) is 98.8 Å². The van der Waals surface area contributed by atoms with E-state index in [0.29, 0.717) is 36.0 Å². The van der Waals surface area contributed by atoms with Gasteiger partial charge in [-0.1, -0.05) is 45.1 Å². The number of fused-ring (bicyclic) bond motifs is 5. The second-order valence-corrected chi connectivity index (χ2v) is 13.8. The number of allylic oxidation sites excluding steroid dienone is 2. The minimum atomic E-state index is -0.352. The molecule has 9 atom stereocenters. The summed E-state index contributed by atoms with van der Waals surface area (Å²) >= 11 is 0. The Morgan fingerprint density at radius 1 is 0.833 bits per heavy atom. The minimum Gasteiger partial charge on any atom is -0.469 e. The van der Waals surface area contributed by atoms with Crippen molar-refractivity contribution in [3.63, 3.8) is 0 Å². The third-order valence-corrected chi connectivity index (χ3v) is 12.6. The van der Waals surface area contributed by atoms with E-state index in [1.165, 1.54) is 24.7 Å². The molecular formula is C32H50O4. The fourth-order valence-corrected chi connectivity index (χ4v) is 10.7. The van der Waals surface area contributed by atoms with Crippen molar-refractivity contribution in [2.24, 2.45) is 51.2 Å². The highest BCUT2D eigenvalue weighted by Gasteiger charge is 2.70. The zero-order valence-corrected chi connectivity index (χ0v) is 24.0. The SMILES string of the molecule is C=C(C)C1CCC2(C(=O)OC)CCC3(C)C(CCC4C(C)(CCC(=O)OC)C(C(=C)C)CCC43C)C12. The molecular weight excluding hydrogens is 448 g/mol. The first-order chi connectivity index (χ1) is 16.8. The quantitative estimate of drug-likeness (QED) is 0.281. The van der Waals surface area contributed by atoms with E-state index in [9.17, 15) is 9.59 Å². The fourth-order valence-electron chi connectivity index (χ4n) is 10.7. The smallest absolute Gasteiger partial charge is 0.312 e. The molecule has 0 N–H and O–H groups in total. The van der Waals surface area contributed by atoms with Gasteiger partial charge in [0.2, 0.25) is 0 Å². The second kappa shape index (κ2) is 9.31. The lowest BCUT2D eigenvalue weighted by atomic mass is 9.34. The Bertz CT molecular complexity index is 936. The van der Waals surface area contributed by atoms with E-state index in [2.05, 4.69) is 47.8 Å². The van der Waals surface area contributed by atoms with E-state index in [4.69, 9.17) is 9.47 Å². The lowest BCUT2D eigenvalue weighted by molar-refractivity contribution is -0.220. The zero-order chi connectivity index (χ0) is 26.7. The van der Waals surface area contributed by atoms with Crippen molar-refractivity contribution in [1.29, 1.82) is 0 Å². The van der Waals surface area contributed by atoms with Gasteiger partial charge in [-0.15, -0.1) is 0 Å². The van der Waals surface area contributed by atoms with E-state index in [1.54, 1.807) is 7.11 Å². The van der Waals surface area contributed by atoms with Crippen molar-refractivity contribution in [3.05, 3.63) is 24.3 Å². The summed E-state index contributed by atoms with van der Waals surface area (Å²) in [7, 11) is 3.06. The third-order valence-electron chi connectivity index (χ3n) is 12.6. The molecule has 0 bridgehead atoms. The van der Waals surface area contributed by atoms with Gasteiger partial charge in [-0.3, -0.25) is 9.59 Å². The third kappa shape index (κ3) is 3.67. The maximum atomic E-state index is 13.4. The van der Waals surface area contributed by atoms with Crippen LogP contribution in [0, 0.1) is 51.2 Å². The van der Waals surface area contributed by atoms with Gasteiger partial charge in [0, 0.05) is 6.42 Å². The molecule has 0 aromatic heterocycles. The summed E-state index contributed by atoms with van der Waals surface area (Å²) in [6, 6.07) is 0. The second-order valence-electron chi connectivity index (χ2n) is 13.8. The van der Waals surface area contributed by atoms with Gasteiger partial charge in [-0.2, -0.15) is 0 Å². The van der Waals surface area contributed by atoms with Gasteiger partial charge in [0.1, 0.15) is 0 Å². The van der Waals surface area contributed by atoms with Gasteiger partial charge in [-0.25, -0.2) is 0 Å². The molecule has 4 fully saturated rings. The average molecular weight is 499 g/mol. The number of carbonyl (C=O) groups is 2. The Morgan fingerprint density at radius 3 is 2.11 bits per heavy atom. The Balaban J connectivity index is 1.77. The van der Waals surface area contributed by atoms with Gasteiger partial charge in [0.15, 0.2) is 0 Å². The largest absolute Gasteiger partial charge is 0.469 e. The van der Waals surface area contributed by atoms with E-state index in [0.717, 1.165) is 51.4 Å². The molecule has 4 aliphatic rings. The topological polar surface area (TPSA) is 52.6 Å². The van der Waals surface area contributed by atoms with Gasteiger partial charge < -0.3 is 9.47 Å². The van der Waals surface area contributed by atoms with Crippen LogP contribution in [0.15, 0.2) is 24.3 Å². The molecule has 0 spiro atoms. The molecule has 4 aliphatic carbocycles. The first-order valence-corrected chi connectivity index (χ1v) is 14.3. The summed E-state index contributed by atoms with van der Waals surface area (Å²) in [5.74, 6) is 2.04. The number of carbonyl (C=O) groups excluding carboxylic acids is 2. The summed E-state index contributed by atoms with van der Waals surface area (Å²) in [6.07, 6.45) is 9.90. The van der Waals surface area contributed by atoms with E-state index in [-0.39, 0.29) is 33.6 Å². The molecule has 0 saturated heterocycles. The Kier molecular flexibility index (Phi) is 7.10. The molecule has 4 saturated carbocycles. The maximum absolute atomic E-state index is 13.4. The average Bonchev–Trinajstić information content (AvgIpc) is 3.23. The molecule has 36 heavy (non-hydrogen) atoms. The van der Waals surface area contributed by atoms with Crippen molar-refractivity contribution in [3.8, 4) is 0 Å². The predicted octanol–water partition coefficient (Wildman–Crippen LogP) is 7.53. The number of hydrogen-bond acceptors (Lipinski definition) is 4. The molecule has 4 nitrogen and oxygen atoms in total. The lowest BCUT2D eigenvalue weighted by Crippen LogP contribution is -2.64. The van der Waals surface area contributed by atoms with Crippen LogP contribution in [-0.2, 0) is 19.1 Å². The van der Waals surface area contributed by atoms with Gasteiger partial charge in [0.05, 0.1) is 19.6 Å². The Hall–Kier alpha value is -1.58. The van der Waals surface area contributed by atoms with Crippen LogP contribution in [0.5, 0.6) is 0 Å². The minimum absolute atomic E-state index is 0.0134. The van der Waals surface area contributed by atoms with Crippen LogP contribution in [0.3, 0.4) is 0 Å². The summed E-state index contributed by atoms with van der Waals surface area (Å²) in [6.45, 7) is 20.7. The molecule has 9 unspecified atom stereocenters. The van der Waals surface area contributed by atoms with Crippen LogP contribution in [0.1, 0.15) is 98.8 Å². The summed E-state index contributed by atoms with van der Waals surface area (Å²) < 4.78 is 10.5. The molecule has 4 heteroatoms. The maximum Gasteiger partial charge on any atom is 0.312 e. The number of ether oxygens (including phenoxy) is 2. The molecule has 0 radical (unpaired) electrons. The summed E-state index contributed by atoms with van der Waals surface area (Å²) in [5.41, 5.74) is 2.44. The molecule has 0 amide bonds. The molecule has 0 aromatic carbocycles. The normalized spacial score (nSPS) is 45.6. The van der Waals surface area contributed by atoms with Crippen LogP contribution >= 0.6 is 0 Å². The van der Waals surface area contributed by atoms with Crippen molar-refractivity contribution in [2.75, 3.05) is 14.2 Å². The van der Waals surface area contributed by atoms with Gasteiger partial charge in [0.25, 0.3) is 0 Å². The van der Waals surface area contributed by atoms with Crippen LogP contribution in [-0.4, -0.2) is 26.2 Å². The van der Waals surface area contributed by atoms with Crippen LogP contribution in [0.4, 0.5) is 0 Å². The van der Waals surface area contributed by atoms with E-state index >= 15 is 0 Å². The molecule has 0 aromatic rings. The number of methoxy groups -OCH3 is 2. The van der Waals surface area contributed by atoms with Crippen molar-refractivity contribution >= 4 is 11.9 Å². The highest BCUT2D eigenvalue weighted by atomic mass is 16.5. The first-order valence-electron chi connectivity index (χ1n) is 14.3. The molecule has 0 heterocycles. The molecule has 4 rings (SSSR count). The van der Waals surface area contributed by atoms with Crippen LogP contribution in [0.2, 0.25) is 0 Å². The Labute approximate surface area is 219 Å². The highest BCUT2D eigenvalue weighted by molar-refractivity contribution is 5.78. The number of rotatable bonds is 6. The van der Waals surface area contributed by atoms with Crippen molar-refractivity contribution in [1.82, 2.24) is 0 Å². The predicted molar refractivity (Wildman–Crippen MR) is 144 cm³/mol. The monoisotopic (exact) mass is 498 g/mol. The van der Waals surface area contributed by atoms with Crippen LogP contribution < -0.4 is 0 Å². The van der Waals surface area contributed by atoms with E-state index in [1.807, 2.05) is 0 Å². The van der Waals surface area contributed by atoms with Gasteiger partial charge >= 0.3 is 11.9 Å². The van der Waals surface area contributed by atoms with Gasteiger partial charge in [-0.05, 0) is 117 Å². The highest BCUT2D eigenvalue weighted by Crippen LogP contribution is 2.76. The van der Waals surface area contributed by atoms with Crippen LogP contribution in [0.25, 0.3) is 0 Å². The summed E-state index contributed by atoms with van der Waals surface area (Å²) in [4.78, 5) is 25.6. The van der Waals surface area contributed by atoms with Crippen molar-refractivity contribution < 1.29 is 19.1 Å². The number of hydrogen-bond donors (Lipinski definition) is 0. The molecule has 0 aliphatic heterocycles. The van der Waals surface area contributed by atoms with E-state index < -0.39 is 0 Å².